The fourth-order valence-electron chi connectivity index (χ4n) is 1.71. The number of ether oxygens (including phenoxy) is 1. The third-order valence-electron chi connectivity index (χ3n) is 3.39. The lowest BCUT2D eigenvalue weighted by molar-refractivity contribution is 0.118. The molecular formula is C15H30N4O. The minimum Gasteiger partial charge on any atom is -0.381 e. The Morgan fingerprint density at radius 2 is 2.00 bits per heavy atom. The predicted molar refractivity (Wildman–Crippen MR) is 81.5 cm³/mol. The summed E-state index contributed by atoms with van der Waals surface area (Å²) in [5.41, 5.74) is 1.03. The van der Waals surface area contributed by atoms with E-state index in [2.05, 4.69) is 50.0 Å². The highest BCUT2D eigenvalue weighted by molar-refractivity contribution is 4.92. The molecule has 0 aromatic carbocycles. The second kappa shape index (κ2) is 9.08. The Balaban J connectivity index is 2.17. The molecule has 0 amide bonds. The van der Waals surface area contributed by atoms with Crippen molar-refractivity contribution in [3.05, 3.63) is 11.9 Å². The number of hydrogen-bond acceptors (Lipinski definition) is 4. The molecule has 0 atom stereocenters. The van der Waals surface area contributed by atoms with Gasteiger partial charge in [0.2, 0.25) is 0 Å². The van der Waals surface area contributed by atoms with Crippen molar-refractivity contribution in [3.8, 4) is 0 Å². The first kappa shape index (κ1) is 17.1. The molecule has 1 heterocycles. The van der Waals surface area contributed by atoms with Crippen molar-refractivity contribution in [1.29, 1.82) is 0 Å². The second-order valence-electron chi connectivity index (χ2n) is 6.13. The Morgan fingerprint density at radius 3 is 2.65 bits per heavy atom. The lowest BCUT2D eigenvalue weighted by atomic mass is 10.1. The van der Waals surface area contributed by atoms with Crippen LogP contribution in [0.15, 0.2) is 6.20 Å². The summed E-state index contributed by atoms with van der Waals surface area (Å²) in [6.07, 6.45) is 4.16. The molecule has 0 saturated carbocycles. The zero-order valence-electron chi connectivity index (χ0n) is 13.7. The minimum atomic E-state index is 0.523. The van der Waals surface area contributed by atoms with Crippen LogP contribution in [0.1, 0.15) is 46.2 Å². The lowest BCUT2D eigenvalue weighted by Crippen LogP contribution is -2.25. The first-order valence-electron chi connectivity index (χ1n) is 7.66. The number of nitrogens with zero attached hydrogens (tertiary/aromatic N) is 4. The summed E-state index contributed by atoms with van der Waals surface area (Å²) >= 11 is 0. The fraction of sp³-hybridized carbons (Fsp3) is 0.867. The molecule has 1 rings (SSSR count). The molecule has 0 unspecified atom stereocenters. The Labute approximate surface area is 123 Å². The molecule has 0 radical (unpaired) electrons. The molecule has 0 saturated heterocycles. The van der Waals surface area contributed by atoms with Gasteiger partial charge in [0.1, 0.15) is 0 Å². The van der Waals surface area contributed by atoms with Gasteiger partial charge in [-0.1, -0.05) is 19.1 Å². The highest BCUT2D eigenvalue weighted by Crippen LogP contribution is 2.03. The van der Waals surface area contributed by atoms with Crippen LogP contribution in [-0.4, -0.2) is 46.2 Å². The van der Waals surface area contributed by atoms with Crippen LogP contribution in [0, 0.1) is 5.92 Å². The van der Waals surface area contributed by atoms with Crippen molar-refractivity contribution in [1.82, 2.24) is 19.9 Å². The summed E-state index contributed by atoms with van der Waals surface area (Å²) in [4.78, 5) is 2.25. The SMILES string of the molecule is CC(C)CCOCCCn1cc(CN(C)C(C)C)nn1. The van der Waals surface area contributed by atoms with Gasteiger partial charge in [0.15, 0.2) is 0 Å². The molecule has 5 heteroatoms. The topological polar surface area (TPSA) is 43.2 Å². The van der Waals surface area contributed by atoms with Crippen molar-refractivity contribution in [2.24, 2.45) is 5.92 Å². The number of rotatable bonds is 10. The molecule has 116 valence electrons. The molecule has 1 aromatic heterocycles. The van der Waals surface area contributed by atoms with E-state index in [1.165, 1.54) is 0 Å². The van der Waals surface area contributed by atoms with Crippen LogP contribution in [0.4, 0.5) is 0 Å². The second-order valence-corrected chi connectivity index (χ2v) is 6.13. The van der Waals surface area contributed by atoms with Crippen molar-refractivity contribution in [2.45, 2.75) is 59.7 Å². The van der Waals surface area contributed by atoms with Gasteiger partial charge in [-0.25, -0.2) is 0 Å². The van der Waals surface area contributed by atoms with Gasteiger partial charge in [-0.15, -0.1) is 5.10 Å². The van der Waals surface area contributed by atoms with Crippen molar-refractivity contribution in [3.63, 3.8) is 0 Å². The van der Waals surface area contributed by atoms with Gasteiger partial charge in [0, 0.05) is 38.5 Å². The maximum absolute atomic E-state index is 5.60. The van der Waals surface area contributed by atoms with Crippen LogP contribution >= 0.6 is 0 Å². The summed E-state index contributed by atoms with van der Waals surface area (Å²) in [6.45, 7) is 12.2. The van der Waals surface area contributed by atoms with Gasteiger partial charge < -0.3 is 4.74 Å². The quantitative estimate of drug-likeness (QED) is 0.619. The van der Waals surface area contributed by atoms with Gasteiger partial charge in [-0.2, -0.15) is 0 Å². The van der Waals surface area contributed by atoms with Crippen molar-refractivity contribution >= 4 is 0 Å². The Bertz CT molecular complexity index is 363. The highest BCUT2D eigenvalue weighted by atomic mass is 16.5. The smallest absolute Gasteiger partial charge is 0.0967 e. The fourth-order valence-corrected chi connectivity index (χ4v) is 1.71. The number of hydrogen-bond donors (Lipinski definition) is 0. The Morgan fingerprint density at radius 1 is 1.25 bits per heavy atom. The first-order chi connectivity index (χ1) is 9.49. The molecule has 0 aliphatic rings. The average Bonchev–Trinajstić information content (AvgIpc) is 2.80. The van der Waals surface area contributed by atoms with Gasteiger partial charge >= 0.3 is 0 Å². The van der Waals surface area contributed by atoms with E-state index >= 15 is 0 Å². The molecule has 0 aliphatic carbocycles. The van der Waals surface area contributed by atoms with E-state index in [1.54, 1.807) is 0 Å². The molecule has 5 nitrogen and oxygen atoms in total. The molecule has 0 N–H and O–H groups in total. The van der Waals surface area contributed by atoms with Crippen LogP contribution in [0.25, 0.3) is 0 Å². The van der Waals surface area contributed by atoms with Gasteiger partial charge in [0.05, 0.1) is 5.69 Å². The molecule has 20 heavy (non-hydrogen) atoms. The molecule has 0 bridgehead atoms. The summed E-state index contributed by atoms with van der Waals surface area (Å²) in [7, 11) is 2.10. The van der Waals surface area contributed by atoms with Crippen molar-refractivity contribution < 1.29 is 4.74 Å². The zero-order valence-corrected chi connectivity index (χ0v) is 13.7. The van der Waals surface area contributed by atoms with Crippen LogP contribution in [0.5, 0.6) is 0 Å². The molecule has 0 fully saturated rings. The summed E-state index contributed by atoms with van der Waals surface area (Å²) in [6, 6.07) is 0.523. The average molecular weight is 282 g/mol. The maximum atomic E-state index is 5.60. The largest absolute Gasteiger partial charge is 0.381 e. The van der Waals surface area contributed by atoms with Gasteiger partial charge in [-0.05, 0) is 39.7 Å². The van der Waals surface area contributed by atoms with E-state index in [1.807, 2.05) is 10.9 Å². The third kappa shape index (κ3) is 7.01. The van der Waals surface area contributed by atoms with Gasteiger partial charge in [0.25, 0.3) is 0 Å². The lowest BCUT2D eigenvalue weighted by Gasteiger charge is -2.18. The standard InChI is InChI=1S/C15H30N4O/c1-13(2)7-10-20-9-6-8-19-12-15(16-17-19)11-18(5)14(3)4/h12-14H,6-11H2,1-5H3. The minimum absolute atomic E-state index is 0.523. The van der Waals surface area contributed by atoms with E-state index in [9.17, 15) is 0 Å². The van der Waals surface area contributed by atoms with E-state index < -0.39 is 0 Å². The summed E-state index contributed by atoms with van der Waals surface area (Å²) in [5, 5.41) is 8.37. The van der Waals surface area contributed by atoms with E-state index in [4.69, 9.17) is 4.74 Å². The van der Waals surface area contributed by atoms with E-state index in [0.717, 1.165) is 44.8 Å². The van der Waals surface area contributed by atoms with Crippen LogP contribution < -0.4 is 0 Å². The normalized spacial score (nSPS) is 12.0. The van der Waals surface area contributed by atoms with Gasteiger partial charge in [-0.3, -0.25) is 9.58 Å². The van der Waals surface area contributed by atoms with E-state index in [-0.39, 0.29) is 0 Å². The summed E-state index contributed by atoms with van der Waals surface area (Å²) < 4.78 is 7.51. The summed E-state index contributed by atoms with van der Waals surface area (Å²) in [5.74, 6) is 0.714. The monoisotopic (exact) mass is 282 g/mol. The van der Waals surface area contributed by atoms with Crippen molar-refractivity contribution in [2.75, 3.05) is 20.3 Å². The molecular weight excluding hydrogens is 252 g/mol. The van der Waals surface area contributed by atoms with Crippen LogP contribution in [-0.2, 0) is 17.8 Å². The van der Waals surface area contributed by atoms with Crippen LogP contribution in [0.2, 0.25) is 0 Å². The number of aromatic nitrogens is 3. The van der Waals surface area contributed by atoms with E-state index in [0.29, 0.717) is 12.0 Å². The first-order valence-corrected chi connectivity index (χ1v) is 7.66. The third-order valence-corrected chi connectivity index (χ3v) is 3.39. The Hall–Kier alpha value is -0.940. The Kier molecular flexibility index (Phi) is 7.77. The molecule has 0 aliphatic heterocycles. The number of aryl methyl sites for hydroxylation is 1. The maximum Gasteiger partial charge on any atom is 0.0967 e. The zero-order chi connectivity index (χ0) is 15.0. The predicted octanol–water partition coefficient (Wildman–Crippen LogP) is 2.57. The molecule has 0 spiro atoms. The highest BCUT2D eigenvalue weighted by Gasteiger charge is 2.07. The van der Waals surface area contributed by atoms with Crippen LogP contribution in [0.3, 0.4) is 0 Å². The molecule has 1 aromatic rings.